The summed E-state index contributed by atoms with van der Waals surface area (Å²) in [6, 6.07) is 23.1. The maximum Gasteiger partial charge on any atom is 0.262 e. The van der Waals surface area contributed by atoms with Crippen molar-refractivity contribution in [2.75, 3.05) is 10.5 Å². The lowest BCUT2D eigenvalue weighted by molar-refractivity contribution is -0.119. The molecule has 4 rings (SSSR count). The number of nitrogen functional groups attached to an aromatic ring is 1. The first kappa shape index (κ1) is 28.6. The maximum absolute atomic E-state index is 13.4. The van der Waals surface area contributed by atoms with Gasteiger partial charge in [0.2, 0.25) is 5.91 Å². The molecule has 0 aliphatic rings. The second-order valence-corrected chi connectivity index (χ2v) is 11.4. The van der Waals surface area contributed by atoms with Crippen molar-refractivity contribution in [2.24, 2.45) is 5.73 Å². The highest BCUT2D eigenvalue weighted by atomic mass is 32.2. The number of ether oxygens (including phenoxy) is 1. The van der Waals surface area contributed by atoms with Gasteiger partial charge in [-0.25, -0.2) is 13.4 Å². The van der Waals surface area contributed by atoms with E-state index in [1.54, 1.807) is 24.3 Å². The smallest absolute Gasteiger partial charge is 0.262 e. The van der Waals surface area contributed by atoms with Crippen molar-refractivity contribution in [1.29, 1.82) is 0 Å². The number of anilines is 2. The molecule has 0 bridgehead atoms. The predicted molar refractivity (Wildman–Crippen MR) is 158 cm³/mol. The van der Waals surface area contributed by atoms with E-state index in [0.29, 0.717) is 23.5 Å². The molecule has 0 aliphatic heterocycles. The molecule has 0 aliphatic carbocycles. The summed E-state index contributed by atoms with van der Waals surface area (Å²) in [5, 5.41) is 0. The summed E-state index contributed by atoms with van der Waals surface area (Å²) in [4.78, 5) is 17.5. The first-order chi connectivity index (χ1) is 19.1. The summed E-state index contributed by atoms with van der Waals surface area (Å²) >= 11 is 0. The summed E-state index contributed by atoms with van der Waals surface area (Å²) < 4.78 is 35.9. The monoisotopic (exact) mass is 558 g/mol. The molecule has 0 radical (unpaired) electrons. The molecule has 1 heterocycles. The third-order valence-corrected chi connectivity index (χ3v) is 8.13. The molecular weight excluding hydrogens is 524 g/mol. The fraction of sp³-hybridized carbons (Fsp3) is 0.226. The number of amides is 1. The highest BCUT2D eigenvalue weighted by Gasteiger charge is 2.29. The normalized spacial score (nSPS) is 12.1. The second kappa shape index (κ2) is 12.2. The van der Waals surface area contributed by atoms with Gasteiger partial charge in [0.25, 0.3) is 10.0 Å². The molecule has 208 valence electrons. The van der Waals surface area contributed by atoms with Crippen molar-refractivity contribution in [3.63, 3.8) is 0 Å². The van der Waals surface area contributed by atoms with Crippen LogP contribution in [0.5, 0.6) is 5.75 Å². The maximum atomic E-state index is 13.4. The van der Waals surface area contributed by atoms with E-state index in [2.05, 4.69) is 9.71 Å². The van der Waals surface area contributed by atoms with Crippen LogP contribution in [0.15, 0.2) is 83.8 Å². The number of nitrogens with two attached hydrogens (primary N) is 2. The Balaban J connectivity index is 1.86. The van der Waals surface area contributed by atoms with E-state index in [1.807, 2.05) is 69.3 Å². The average molecular weight is 559 g/mol. The van der Waals surface area contributed by atoms with E-state index < -0.39 is 21.8 Å². The van der Waals surface area contributed by atoms with Crippen molar-refractivity contribution in [1.82, 2.24) is 4.98 Å². The lowest BCUT2D eigenvalue weighted by Gasteiger charge is -2.25. The summed E-state index contributed by atoms with van der Waals surface area (Å²) in [7, 11) is -3.96. The van der Waals surface area contributed by atoms with Gasteiger partial charge in [-0.1, -0.05) is 61.5 Å². The molecule has 40 heavy (non-hydrogen) atoms. The lowest BCUT2D eigenvalue weighted by Crippen LogP contribution is -2.26. The Morgan fingerprint density at radius 2 is 1.70 bits per heavy atom. The van der Waals surface area contributed by atoms with Crippen molar-refractivity contribution >= 4 is 27.4 Å². The molecule has 1 amide bonds. The molecule has 9 heteroatoms. The largest absolute Gasteiger partial charge is 0.486 e. The number of pyridine rings is 1. The average Bonchev–Trinajstić information content (AvgIpc) is 2.92. The quantitative estimate of drug-likeness (QED) is 0.236. The van der Waals surface area contributed by atoms with Gasteiger partial charge < -0.3 is 16.2 Å². The topological polar surface area (TPSA) is 137 Å². The number of nitrogens with one attached hydrogen (secondary N) is 1. The Morgan fingerprint density at radius 1 is 0.975 bits per heavy atom. The number of rotatable bonds is 11. The van der Waals surface area contributed by atoms with Crippen LogP contribution in [0.1, 0.15) is 46.4 Å². The summed E-state index contributed by atoms with van der Waals surface area (Å²) in [6.45, 7) is 5.77. The van der Waals surface area contributed by atoms with Crippen LogP contribution < -0.4 is 20.9 Å². The Labute approximate surface area is 235 Å². The van der Waals surface area contributed by atoms with Crippen LogP contribution in [-0.4, -0.2) is 19.3 Å². The number of aryl methyl sites for hydroxylation is 3. The van der Waals surface area contributed by atoms with Crippen LogP contribution in [-0.2, 0) is 34.3 Å². The Morgan fingerprint density at radius 3 is 2.35 bits per heavy atom. The number of carbonyl (C=O) groups excluding carboxylic acids is 1. The number of hydrogen-bond donors (Lipinski definition) is 3. The van der Waals surface area contributed by atoms with Gasteiger partial charge in [0.1, 0.15) is 18.2 Å². The predicted octanol–water partition coefficient (Wildman–Crippen LogP) is 5.03. The first-order valence-corrected chi connectivity index (χ1v) is 14.5. The number of primary amides is 1. The zero-order chi connectivity index (χ0) is 28.9. The van der Waals surface area contributed by atoms with Crippen molar-refractivity contribution in [3.05, 3.63) is 112 Å². The van der Waals surface area contributed by atoms with Crippen LogP contribution >= 0.6 is 0 Å². The van der Waals surface area contributed by atoms with Crippen LogP contribution in [0, 0.1) is 13.8 Å². The van der Waals surface area contributed by atoms with E-state index in [4.69, 9.17) is 16.2 Å². The fourth-order valence-electron chi connectivity index (χ4n) is 4.67. The van der Waals surface area contributed by atoms with Crippen molar-refractivity contribution in [2.45, 2.75) is 51.0 Å². The highest BCUT2D eigenvalue weighted by Crippen LogP contribution is 2.40. The SMILES string of the molecule is CCc1ccc(NS(=O)(=O)c2cccc(C)c2)c(OCc2ccccc2)c1C(Cc1ccc(N)nc1C)C(N)=O. The molecule has 0 spiro atoms. The van der Waals surface area contributed by atoms with Gasteiger partial charge in [-0.05, 0) is 73.2 Å². The van der Waals surface area contributed by atoms with E-state index in [9.17, 15) is 13.2 Å². The Kier molecular flexibility index (Phi) is 8.74. The molecule has 0 fully saturated rings. The lowest BCUT2D eigenvalue weighted by atomic mass is 9.86. The number of carbonyl (C=O) groups is 1. The van der Waals surface area contributed by atoms with Crippen LogP contribution in [0.2, 0.25) is 0 Å². The van der Waals surface area contributed by atoms with Gasteiger partial charge in [0.05, 0.1) is 16.5 Å². The number of sulfonamides is 1. The van der Waals surface area contributed by atoms with Crippen molar-refractivity contribution in [3.8, 4) is 5.75 Å². The minimum atomic E-state index is -3.96. The third-order valence-electron chi connectivity index (χ3n) is 6.77. The van der Waals surface area contributed by atoms with Gasteiger partial charge in [-0.15, -0.1) is 0 Å². The second-order valence-electron chi connectivity index (χ2n) is 9.70. The molecule has 8 nitrogen and oxygen atoms in total. The zero-order valence-electron chi connectivity index (χ0n) is 22.8. The molecule has 4 aromatic rings. The van der Waals surface area contributed by atoms with Crippen LogP contribution in [0.4, 0.5) is 11.5 Å². The van der Waals surface area contributed by atoms with E-state index in [-0.39, 0.29) is 29.4 Å². The summed E-state index contributed by atoms with van der Waals surface area (Å²) in [5.74, 6) is -0.725. The Bertz CT molecular complexity index is 1620. The number of nitrogens with zero attached hydrogens (tertiary/aromatic N) is 1. The number of benzene rings is 3. The summed E-state index contributed by atoms with van der Waals surface area (Å²) in [5.41, 5.74) is 16.6. The molecule has 0 saturated carbocycles. The van der Waals surface area contributed by atoms with Gasteiger partial charge in [0, 0.05) is 11.3 Å². The molecule has 1 aromatic heterocycles. The van der Waals surface area contributed by atoms with Gasteiger partial charge in [-0.2, -0.15) is 0 Å². The summed E-state index contributed by atoms with van der Waals surface area (Å²) in [6.07, 6.45) is 0.821. The van der Waals surface area contributed by atoms with Crippen molar-refractivity contribution < 1.29 is 17.9 Å². The zero-order valence-corrected chi connectivity index (χ0v) is 23.7. The molecule has 1 unspecified atom stereocenters. The van der Waals surface area contributed by atoms with Gasteiger partial charge in [0.15, 0.2) is 0 Å². The first-order valence-electron chi connectivity index (χ1n) is 13.0. The number of hydrogen-bond acceptors (Lipinski definition) is 6. The van der Waals surface area contributed by atoms with Crippen LogP contribution in [0.25, 0.3) is 0 Å². The molecule has 5 N–H and O–H groups in total. The number of aromatic nitrogens is 1. The van der Waals surface area contributed by atoms with E-state index in [0.717, 1.165) is 22.3 Å². The van der Waals surface area contributed by atoms with Crippen LogP contribution in [0.3, 0.4) is 0 Å². The third kappa shape index (κ3) is 6.60. The minimum Gasteiger partial charge on any atom is -0.486 e. The van der Waals surface area contributed by atoms with Gasteiger partial charge >= 0.3 is 0 Å². The molecule has 0 saturated heterocycles. The van der Waals surface area contributed by atoms with E-state index in [1.165, 1.54) is 6.07 Å². The minimum absolute atomic E-state index is 0.123. The molecule has 3 aromatic carbocycles. The molecule has 1 atom stereocenters. The standard InChI is InChI=1S/C31H34N4O4S/c1-4-23-13-15-27(35-40(37,38)25-12-8-9-20(2)17-25)30(39-19-22-10-6-5-7-11-22)29(23)26(31(33)36)18-24-14-16-28(32)34-21(24)3/h5-17,26,35H,4,18-19H2,1-3H3,(H2,32,34)(H2,33,36). The highest BCUT2D eigenvalue weighted by molar-refractivity contribution is 7.92. The molecular formula is C31H34N4O4S. The fourth-order valence-corrected chi connectivity index (χ4v) is 5.84. The Hall–Kier alpha value is -4.37. The van der Waals surface area contributed by atoms with Gasteiger partial charge in [-0.3, -0.25) is 9.52 Å². The van der Waals surface area contributed by atoms with E-state index >= 15 is 0 Å².